The first kappa shape index (κ1) is 20.8. The van der Waals surface area contributed by atoms with Gasteiger partial charge in [0.05, 0.1) is 4.90 Å². The zero-order chi connectivity index (χ0) is 20.9. The molecule has 1 aliphatic carbocycles. The number of hydrogen-bond donors (Lipinski definition) is 3. The maximum Gasteiger partial charge on any atom is 0.408 e. The molecule has 1 saturated carbocycles. The minimum atomic E-state index is -3.62. The molecule has 0 saturated heterocycles. The van der Waals surface area contributed by atoms with E-state index in [1.165, 1.54) is 19.1 Å². The molecule has 0 bridgehead atoms. The molecule has 8 nitrogen and oxygen atoms in total. The number of nitrogens with one attached hydrogen (secondary N) is 3. The minimum absolute atomic E-state index is 0.00984. The van der Waals surface area contributed by atoms with Crippen molar-refractivity contribution in [3.05, 3.63) is 60.2 Å². The fourth-order valence-corrected chi connectivity index (χ4v) is 3.84. The molecule has 9 heteroatoms. The van der Waals surface area contributed by atoms with Crippen molar-refractivity contribution in [3.63, 3.8) is 0 Å². The van der Waals surface area contributed by atoms with Crippen LogP contribution in [-0.4, -0.2) is 32.5 Å². The highest BCUT2D eigenvalue weighted by Gasteiger charge is 2.28. The van der Waals surface area contributed by atoms with E-state index >= 15 is 0 Å². The SMILES string of the molecule is CC(NC(=O)OCc1ccccc1)C(=O)Nc1cccc(S(=O)(=O)NC2CC2)c1. The predicted octanol–water partition coefficient (Wildman–Crippen LogP) is 2.38. The van der Waals surface area contributed by atoms with Crippen LogP contribution in [0, 0.1) is 0 Å². The number of amides is 2. The van der Waals surface area contributed by atoms with Crippen LogP contribution in [0.25, 0.3) is 0 Å². The maximum atomic E-state index is 12.3. The van der Waals surface area contributed by atoms with Gasteiger partial charge in [0, 0.05) is 11.7 Å². The van der Waals surface area contributed by atoms with Gasteiger partial charge in [-0.25, -0.2) is 17.9 Å². The Hall–Kier alpha value is -2.91. The molecule has 2 aromatic rings. The summed E-state index contributed by atoms with van der Waals surface area (Å²) >= 11 is 0. The second kappa shape index (κ2) is 9.06. The van der Waals surface area contributed by atoms with Gasteiger partial charge in [-0.05, 0) is 43.5 Å². The van der Waals surface area contributed by atoms with Gasteiger partial charge in [-0.1, -0.05) is 36.4 Å². The zero-order valence-electron chi connectivity index (χ0n) is 15.9. The van der Waals surface area contributed by atoms with Crippen molar-refractivity contribution in [2.45, 2.75) is 43.4 Å². The van der Waals surface area contributed by atoms with Crippen LogP contribution in [0.2, 0.25) is 0 Å². The van der Waals surface area contributed by atoms with Gasteiger partial charge in [0.25, 0.3) is 0 Å². The first-order valence-corrected chi connectivity index (χ1v) is 10.7. The van der Waals surface area contributed by atoms with Crippen molar-refractivity contribution >= 4 is 27.7 Å². The molecule has 1 unspecified atom stereocenters. The van der Waals surface area contributed by atoms with Crippen LogP contribution in [0.1, 0.15) is 25.3 Å². The Morgan fingerprint density at radius 3 is 2.52 bits per heavy atom. The largest absolute Gasteiger partial charge is 0.445 e. The second-order valence-electron chi connectivity index (χ2n) is 6.84. The molecule has 154 valence electrons. The predicted molar refractivity (Wildman–Crippen MR) is 108 cm³/mol. The third-order valence-corrected chi connectivity index (χ3v) is 5.77. The monoisotopic (exact) mass is 417 g/mol. The fourth-order valence-electron chi connectivity index (χ4n) is 2.49. The van der Waals surface area contributed by atoms with E-state index in [2.05, 4.69) is 15.4 Å². The molecule has 2 aromatic carbocycles. The summed E-state index contributed by atoms with van der Waals surface area (Å²) in [7, 11) is -3.62. The molecule has 1 fully saturated rings. The summed E-state index contributed by atoms with van der Waals surface area (Å²) in [6, 6.07) is 14.3. The summed E-state index contributed by atoms with van der Waals surface area (Å²) in [5.74, 6) is -0.494. The van der Waals surface area contributed by atoms with Gasteiger partial charge in [0.2, 0.25) is 15.9 Å². The van der Waals surface area contributed by atoms with Crippen molar-refractivity contribution in [1.82, 2.24) is 10.0 Å². The lowest BCUT2D eigenvalue weighted by atomic mass is 10.2. The maximum absolute atomic E-state index is 12.3. The third-order valence-electron chi connectivity index (χ3n) is 4.25. The van der Waals surface area contributed by atoms with Gasteiger partial charge >= 0.3 is 6.09 Å². The Morgan fingerprint density at radius 2 is 1.83 bits per heavy atom. The van der Waals surface area contributed by atoms with E-state index in [-0.39, 0.29) is 17.5 Å². The molecular weight excluding hydrogens is 394 g/mol. The minimum Gasteiger partial charge on any atom is -0.445 e. The lowest BCUT2D eigenvalue weighted by molar-refractivity contribution is -0.117. The van der Waals surface area contributed by atoms with Crippen LogP contribution in [-0.2, 0) is 26.2 Å². The third kappa shape index (κ3) is 6.30. The van der Waals surface area contributed by atoms with Crippen molar-refractivity contribution < 1.29 is 22.7 Å². The number of sulfonamides is 1. The first-order valence-electron chi connectivity index (χ1n) is 9.24. The van der Waals surface area contributed by atoms with Gasteiger partial charge < -0.3 is 15.4 Å². The van der Waals surface area contributed by atoms with Crippen molar-refractivity contribution in [2.75, 3.05) is 5.32 Å². The molecule has 0 aliphatic heterocycles. The molecule has 3 N–H and O–H groups in total. The molecule has 1 aliphatic rings. The number of benzene rings is 2. The summed E-state index contributed by atoms with van der Waals surface area (Å²) in [5, 5.41) is 5.05. The smallest absolute Gasteiger partial charge is 0.408 e. The molecule has 0 heterocycles. The average Bonchev–Trinajstić information content (AvgIpc) is 3.50. The number of carbonyl (C=O) groups excluding carboxylic acids is 2. The van der Waals surface area contributed by atoms with Gasteiger partial charge in [0.1, 0.15) is 12.6 Å². The van der Waals surface area contributed by atoms with Crippen LogP contribution in [0.15, 0.2) is 59.5 Å². The van der Waals surface area contributed by atoms with E-state index in [1.54, 1.807) is 12.1 Å². The van der Waals surface area contributed by atoms with E-state index < -0.39 is 28.1 Å². The molecular formula is C20H23N3O5S. The van der Waals surface area contributed by atoms with Crippen molar-refractivity contribution in [3.8, 4) is 0 Å². The van der Waals surface area contributed by atoms with Gasteiger partial charge in [-0.3, -0.25) is 4.79 Å². The first-order chi connectivity index (χ1) is 13.8. The Labute approximate surface area is 169 Å². The summed E-state index contributed by atoms with van der Waals surface area (Å²) in [6.07, 6.45) is 0.944. The average molecular weight is 417 g/mol. The van der Waals surface area contributed by atoms with Gasteiger partial charge in [0.15, 0.2) is 0 Å². The molecule has 0 spiro atoms. The molecule has 3 rings (SSSR count). The van der Waals surface area contributed by atoms with Crippen molar-refractivity contribution in [1.29, 1.82) is 0 Å². The highest BCUT2D eigenvalue weighted by molar-refractivity contribution is 7.89. The fraction of sp³-hybridized carbons (Fsp3) is 0.300. The number of alkyl carbamates (subject to hydrolysis) is 1. The zero-order valence-corrected chi connectivity index (χ0v) is 16.7. The quantitative estimate of drug-likeness (QED) is 0.610. The Morgan fingerprint density at radius 1 is 1.10 bits per heavy atom. The lowest BCUT2D eigenvalue weighted by Gasteiger charge is -2.15. The van der Waals surface area contributed by atoms with E-state index in [0.29, 0.717) is 5.69 Å². The Kier molecular flexibility index (Phi) is 6.50. The van der Waals surface area contributed by atoms with Crippen LogP contribution in [0.4, 0.5) is 10.5 Å². The van der Waals surface area contributed by atoms with Gasteiger partial charge in [-0.15, -0.1) is 0 Å². The van der Waals surface area contributed by atoms with Gasteiger partial charge in [-0.2, -0.15) is 0 Å². The Bertz CT molecular complexity index is 975. The Balaban J connectivity index is 1.52. The summed E-state index contributed by atoms with van der Waals surface area (Å²) in [4.78, 5) is 24.3. The summed E-state index contributed by atoms with van der Waals surface area (Å²) < 4.78 is 32.3. The van der Waals surface area contributed by atoms with Crippen LogP contribution in [0.3, 0.4) is 0 Å². The molecule has 1 atom stereocenters. The number of rotatable bonds is 8. The summed E-state index contributed by atoms with van der Waals surface area (Å²) in [5.41, 5.74) is 1.15. The highest BCUT2D eigenvalue weighted by Crippen LogP contribution is 2.23. The van der Waals surface area contributed by atoms with E-state index in [0.717, 1.165) is 18.4 Å². The molecule has 2 amide bonds. The lowest BCUT2D eigenvalue weighted by Crippen LogP contribution is -2.41. The second-order valence-corrected chi connectivity index (χ2v) is 8.55. The van der Waals surface area contributed by atoms with Crippen LogP contribution >= 0.6 is 0 Å². The highest BCUT2D eigenvalue weighted by atomic mass is 32.2. The van der Waals surface area contributed by atoms with Crippen LogP contribution in [0.5, 0.6) is 0 Å². The molecule has 0 radical (unpaired) electrons. The van der Waals surface area contributed by atoms with E-state index in [9.17, 15) is 18.0 Å². The van der Waals surface area contributed by atoms with E-state index in [1.807, 2.05) is 30.3 Å². The topological polar surface area (TPSA) is 114 Å². The number of anilines is 1. The standard InChI is InChI=1S/C20H23N3O5S/c1-14(21-20(25)28-13-15-6-3-2-4-7-15)19(24)22-17-8-5-9-18(12-17)29(26,27)23-16-10-11-16/h2-9,12,14,16,23H,10-11,13H2,1H3,(H,21,25)(H,22,24). The number of ether oxygens (including phenoxy) is 1. The van der Waals surface area contributed by atoms with E-state index in [4.69, 9.17) is 4.74 Å². The molecule has 29 heavy (non-hydrogen) atoms. The number of hydrogen-bond acceptors (Lipinski definition) is 5. The molecule has 0 aromatic heterocycles. The number of carbonyl (C=O) groups is 2. The normalized spacial score (nSPS) is 14.7. The van der Waals surface area contributed by atoms with Crippen LogP contribution < -0.4 is 15.4 Å². The van der Waals surface area contributed by atoms with Crippen molar-refractivity contribution in [2.24, 2.45) is 0 Å². The summed E-state index contributed by atoms with van der Waals surface area (Å²) in [6.45, 7) is 1.60.